The Labute approximate surface area is 84.3 Å². The van der Waals surface area contributed by atoms with Crippen LogP contribution in [0.5, 0.6) is 0 Å². The first kappa shape index (κ1) is 16.4. The molecule has 0 aliphatic heterocycles. The van der Waals surface area contributed by atoms with E-state index in [1.165, 1.54) is 0 Å². The van der Waals surface area contributed by atoms with E-state index in [2.05, 4.69) is 19.6 Å². The third-order valence-electron chi connectivity index (χ3n) is 0.643. The Bertz CT molecular complexity index is 69.3. The van der Waals surface area contributed by atoms with Crippen molar-refractivity contribution in [3.63, 3.8) is 0 Å². The van der Waals surface area contributed by atoms with E-state index >= 15 is 0 Å². The predicted octanol–water partition coefficient (Wildman–Crippen LogP) is -1.03. The van der Waals surface area contributed by atoms with Gasteiger partial charge in [-0.25, -0.2) is 0 Å². The van der Waals surface area contributed by atoms with Crippen LogP contribution < -0.4 is 17.0 Å². The van der Waals surface area contributed by atoms with Crippen molar-refractivity contribution in [3.05, 3.63) is 31.7 Å². The minimum absolute atomic E-state index is 0. The molecule has 0 aliphatic rings. The van der Waals surface area contributed by atoms with Crippen molar-refractivity contribution in [2.75, 3.05) is 0 Å². The maximum absolute atomic E-state index is 3.67. The number of allylic oxidation sites excluding steroid dienone is 3. The van der Waals surface area contributed by atoms with Crippen molar-refractivity contribution in [3.8, 4) is 0 Å². The molecule has 0 nitrogen and oxygen atoms in total. The summed E-state index contributed by atoms with van der Waals surface area (Å²) in [5, 5.41) is 0. The van der Waals surface area contributed by atoms with Crippen LogP contribution in [-0.4, -0.2) is 23.1 Å². The van der Waals surface area contributed by atoms with Crippen molar-refractivity contribution in [2.45, 2.75) is 12.8 Å². The third-order valence-corrected chi connectivity index (χ3v) is 0.643. The SMILES string of the molecule is C=C/C=C/CC[CH2-].[Br-].[Mg+2]. The summed E-state index contributed by atoms with van der Waals surface area (Å²) >= 11 is 0. The molecule has 0 unspecified atom stereocenters. The summed E-state index contributed by atoms with van der Waals surface area (Å²) in [6.45, 7) is 7.20. The second kappa shape index (κ2) is 15.9. The summed E-state index contributed by atoms with van der Waals surface area (Å²) in [5.74, 6) is 0. The Morgan fingerprint density at radius 3 is 2.33 bits per heavy atom. The minimum atomic E-state index is 0. The quantitative estimate of drug-likeness (QED) is 0.310. The first-order valence-electron chi connectivity index (χ1n) is 2.48. The van der Waals surface area contributed by atoms with Crippen molar-refractivity contribution < 1.29 is 17.0 Å². The fraction of sp³-hybridized carbons (Fsp3) is 0.286. The Balaban J connectivity index is -0.000000180. The Kier molecular flexibility index (Phi) is 28.9. The summed E-state index contributed by atoms with van der Waals surface area (Å²) in [7, 11) is 0. The number of hydrogen-bond acceptors (Lipinski definition) is 0. The van der Waals surface area contributed by atoms with Gasteiger partial charge in [0, 0.05) is 0 Å². The number of halogens is 1. The van der Waals surface area contributed by atoms with Crippen LogP contribution in [0.4, 0.5) is 0 Å². The van der Waals surface area contributed by atoms with Crippen molar-refractivity contribution in [2.24, 2.45) is 0 Å². The average molecular weight is 199 g/mol. The van der Waals surface area contributed by atoms with E-state index in [0.717, 1.165) is 12.8 Å². The van der Waals surface area contributed by atoms with E-state index in [4.69, 9.17) is 0 Å². The zero-order valence-electron chi connectivity index (χ0n) is 5.65. The van der Waals surface area contributed by atoms with E-state index in [9.17, 15) is 0 Å². The normalized spacial score (nSPS) is 7.67. The van der Waals surface area contributed by atoms with Crippen LogP contribution in [0, 0.1) is 6.92 Å². The number of rotatable bonds is 3. The molecule has 0 aromatic carbocycles. The summed E-state index contributed by atoms with van der Waals surface area (Å²) in [4.78, 5) is 0. The van der Waals surface area contributed by atoms with E-state index < -0.39 is 0 Å². The van der Waals surface area contributed by atoms with Gasteiger partial charge in [0.15, 0.2) is 0 Å². The van der Waals surface area contributed by atoms with Crippen molar-refractivity contribution >= 4 is 23.1 Å². The van der Waals surface area contributed by atoms with Crippen LogP contribution in [0.15, 0.2) is 24.8 Å². The minimum Gasteiger partial charge on any atom is -1.00 e. The maximum Gasteiger partial charge on any atom is 2.00 e. The van der Waals surface area contributed by atoms with E-state index in [1.807, 2.05) is 6.08 Å². The number of unbranched alkanes of at least 4 members (excludes halogenated alkanes) is 1. The molecule has 0 fully saturated rings. The molecule has 0 saturated carbocycles. The average Bonchev–Trinajstić information content (AvgIpc) is 1.69. The molecule has 48 valence electrons. The molecule has 0 aromatic heterocycles. The fourth-order valence-corrected chi connectivity index (χ4v) is 0.310. The van der Waals surface area contributed by atoms with Crippen LogP contribution in [0.2, 0.25) is 0 Å². The van der Waals surface area contributed by atoms with Gasteiger partial charge in [0.2, 0.25) is 0 Å². The smallest absolute Gasteiger partial charge is 1.00 e. The third kappa shape index (κ3) is 17.7. The van der Waals surface area contributed by atoms with E-state index in [1.54, 1.807) is 6.08 Å². The molecule has 0 aliphatic carbocycles. The molecule has 0 radical (unpaired) electrons. The molecular weight excluding hydrogens is 188 g/mol. The van der Waals surface area contributed by atoms with E-state index in [0.29, 0.717) is 0 Å². The van der Waals surface area contributed by atoms with Crippen molar-refractivity contribution in [1.29, 1.82) is 0 Å². The molecular formula is C7H11BrMg. The standard InChI is InChI=1S/C7H11.BrH.Mg/c1-3-5-7-6-4-2;;/h3,5,7H,1-2,4,6H2;1H;/q-1;;+2/p-1/b7-5+;;. The summed E-state index contributed by atoms with van der Waals surface area (Å²) in [6, 6.07) is 0. The molecule has 0 amide bonds. The van der Waals surface area contributed by atoms with Gasteiger partial charge in [-0.1, -0.05) is 31.2 Å². The van der Waals surface area contributed by atoms with Gasteiger partial charge in [-0.3, -0.25) is 0 Å². The topological polar surface area (TPSA) is 0 Å². The zero-order valence-corrected chi connectivity index (χ0v) is 8.65. The summed E-state index contributed by atoms with van der Waals surface area (Å²) in [6.07, 6.45) is 7.80. The molecule has 0 aromatic rings. The van der Waals surface area contributed by atoms with Crippen LogP contribution >= 0.6 is 0 Å². The Morgan fingerprint density at radius 2 is 2.00 bits per heavy atom. The van der Waals surface area contributed by atoms with Crippen molar-refractivity contribution in [1.82, 2.24) is 0 Å². The van der Waals surface area contributed by atoms with Gasteiger partial charge in [0.25, 0.3) is 0 Å². The molecule has 0 bridgehead atoms. The molecule has 0 spiro atoms. The van der Waals surface area contributed by atoms with Gasteiger partial charge in [-0.05, 0) is 0 Å². The summed E-state index contributed by atoms with van der Waals surface area (Å²) in [5.41, 5.74) is 0. The Morgan fingerprint density at radius 1 is 1.44 bits per heavy atom. The molecule has 2 heteroatoms. The van der Waals surface area contributed by atoms with Crippen LogP contribution in [0.25, 0.3) is 0 Å². The van der Waals surface area contributed by atoms with Crippen LogP contribution in [-0.2, 0) is 0 Å². The fourth-order valence-electron chi connectivity index (χ4n) is 0.310. The number of hydrogen-bond donors (Lipinski definition) is 0. The predicted molar refractivity (Wildman–Crippen MR) is 39.7 cm³/mol. The largest absolute Gasteiger partial charge is 2.00 e. The van der Waals surface area contributed by atoms with Gasteiger partial charge >= 0.3 is 23.1 Å². The van der Waals surface area contributed by atoms with Gasteiger partial charge in [0.05, 0.1) is 0 Å². The first-order valence-corrected chi connectivity index (χ1v) is 2.48. The molecule has 0 heterocycles. The second-order valence-electron chi connectivity index (χ2n) is 1.31. The molecule has 0 rings (SSSR count). The monoisotopic (exact) mass is 198 g/mol. The van der Waals surface area contributed by atoms with Crippen LogP contribution in [0.1, 0.15) is 12.8 Å². The maximum atomic E-state index is 3.67. The van der Waals surface area contributed by atoms with E-state index in [-0.39, 0.29) is 40.0 Å². The molecule has 0 atom stereocenters. The molecule has 0 N–H and O–H groups in total. The second-order valence-corrected chi connectivity index (χ2v) is 1.31. The summed E-state index contributed by atoms with van der Waals surface area (Å²) < 4.78 is 0. The van der Waals surface area contributed by atoms with Crippen LogP contribution in [0.3, 0.4) is 0 Å². The molecule has 9 heavy (non-hydrogen) atoms. The van der Waals surface area contributed by atoms with Gasteiger partial charge in [-0.15, -0.1) is 0 Å². The van der Waals surface area contributed by atoms with Gasteiger partial charge in [0.1, 0.15) is 0 Å². The Hall–Kier alpha value is 0.726. The first-order chi connectivity index (χ1) is 3.41. The molecule has 0 saturated heterocycles. The van der Waals surface area contributed by atoms with Gasteiger partial charge in [-0.2, -0.15) is 6.42 Å². The van der Waals surface area contributed by atoms with Gasteiger partial charge < -0.3 is 23.9 Å². The zero-order chi connectivity index (χ0) is 5.54.